The molecule has 0 N–H and O–H groups in total. The molecule has 0 heterocycles. The number of hydrogen-bond donors (Lipinski definition) is 0. The van der Waals surface area contributed by atoms with Gasteiger partial charge in [-0.2, -0.15) is 0 Å². The first-order chi connectivity index (χ1) is 7.40. The third-order valence-corrected chi connectivity index (χ3v) is 3.15. The molecule has 0 aliphatic heterocycles. The molecule has 0 aromatic heterocycles. The van der Waals surface area contributed by atoms with Crippen molar-refractivity contribution in [2.24, 2.45) is 0 Å². The number of aldehydes is 1. The van der Waals surface area contributed by atoms with Crippen LogP contribution in [0.25, 0.3) is 0 Å². The fourth-order valence-corrected chi connectivity index (χ4v) is 1.90. The molecule has 0 aliphatic carbocycles. The van der Waals surface area contributed by atoms with E-state index >= 15 is 0 Å². The molecule has 16 heavy (non-hydrogen) atoms. The molecule has 1 rings (SSSR count). The van der Waals surface area contributed by atoms with Gasteiger partial charge in [0.2, 0.25) is 0 Å². The highest BCUT2D eigenvalue weighted by Crippen LogP contribution is 2.28. The maximum atomic E-state index is 11.0. The van der Waals surface area contributed by atoms with Crippen LogP contribution in [0, 0.1) is 6.92 Å². The Balaban J connectivity index is 3.23. The van der Waals surface area contributed by atoms with Gasteiger partial charge < -0.3 is 4.79 Å². The SMILES string of the molecule is CCC(C=O)c1cc(C(C)(C)C)ccc1C. The van der Waals surface area contributed by atoms with E-state index in [2.05, 4.69) is 52.8 Å². The Hall–Kier alpha value is -1.11. The first-order valence-electron chi connectivity index (χ1n) is 5.96. The second-order valence-corrected chi connectivity index (χ2v) is 5.47. The van der Waals surface area contributed by atoms with Crippen molar-refractivity contribution >= 4 is 6.29 Å². The molecule has 0 spiro atoms. The van der Waals surface area contributed by atoms with Gasteiger partial charge in [-0.15, -0.1) is 0 Å². The molecule has 0 amide bonds. The summed E-state index contributed by atoms with van der Waals surface area (Å²) in [4.78, 5) is 11.0. The molecule has 1 heteroatoms. The van der Waals surface area contributed by atoms with E-state index in [0.29, 0.717) is 0 Å². The highest BCUT2D eigenvalue weighted by atomic mass is 16.1. The lowest BCUT2D eigenvalue weighted by Crippen LogP contribution is -2.13. The van der Waals surface area contributed by atoms with Gasteiger partial charge in [0.1, 0.15) is 6.29 Å². The lowest BCUT2D eigenvalue weighted by molar-refractivity contribution is -0.109. The molecule has 0 saturated heterocycles. The standard InChI is InChI=1S/C15H22O/c1-6-12(10-16)14-9-13(15(3,4)5)8-7-11(14)2/h7-10,12H,6H2,1-5H3. The summed E-state index contributed by atoms with van der Waals surface area (Å²) < 4.78 is 0. The van der Waals surface area contributed by atoms with Gasteiger partial charge in [-0.1, -0.05) is 45.9 Å². The van der Waals surface area contributed by atoms with Crippen LogP contribution in [0.2, 0.25) is 0 Å². The predicted octanol–water partition coefficient (Wildman–Crippen LogP) is 3.99. The average molecular weight is 218 g/mol. The predicted molar refractivity (Wildman–Crippen MR) is 69.0 cm³/mol. The number of carbonyl (C=O) groups excluding carboxylic acids is 1. The first-order valence-corrected chi connectivity index (χ1v) is 5.96. The summed E-state index contributed by atoms with van der Waals surface area (Å²) in [5, 5.41) is 0. The Labute approximate surface area is 98.9 Å². The number of aryl methyl sites for hydroxylation is 1. The van der Waals surface area contributed by atoms with E-state index in [1.165, 1.54) is 16.7 Å². The maximum absolute atomic E-state index is 11.0. The largest absolute Gasteiger partial charge is 0.303 e. The average Bonchev–Trinajstić information content (AvgIpc) is 2.20. The zero-order valence-electron chi connectivity index (χ0n) is 11.0. The van der Waals surface area contributed by atoms with Crippen molar-refractivity contribution in [1.29, 1.82) is 0 Å². The molecule has 1 aromatic rings. The van der Waals surface area contributed by atoms with Crippen molar-refractivity contribution in [3.05, 3.63) is 34.9 Å². The summed E-state index contributed by atoms with van der Waals surface area (Å²) in [5.74, 6) is 0.0438. The summed E-state index contributed by atoms with van der Waals surface area (Å²) in [6.45, 7) is 10.7. The van der Waals surface area contributed by atoms with Crippen molar-refractivity contribution < 1.29 is 4.79 Å². The number of carbonyl (C=O) groups is 1. The van der Waals surface area contributed by atoms with Gasteiger partial charge in [-0.3, -0.25) is 0 Å². The van der Waals surface area contributed by atoms with Crippen LogP contribution in [0.15, 0.2) is 18.2 Å². The molecular formula is C15H22O. The van der Waals surface area contributed by atoms with E-state index in [1.807, 2.05) is 0 Å². The van der Waals surface area contributed by atoms with Crippen molar-refractivity contribution in [1.82, 2.24) is 0 Å². The van der Waals surface area contributed by atoms with Crippen LogP contribution in [-0.2, 0) is 10.2 Å². The third kappa shape index (κ3) is 2.72. The number of hydrogen-bond acceptors (Lipinski definition) is 1. The van der Waals surface area contributed by atoms with Crippen molar-refractivity contribution in [3.8, 4) is 0 Å². The van der Waals surface area contributed by atoms with E-state index in [4.69, 9.17) is 0 Å². The van der Waals surface area contributed by atoms with E-state index in [0.717, 1.165) is 12.7 Å². The van der Waals surface area contributed by atoms with Gasteiger partial charge in [0.05, 0.1) is 0 Å². The summed E-state index contributed by atoms with van der Waals surface area (Å²) in [5.41, 5.74) is 3.84. The summed E-state index contributed by atoms with van der Waals surface area (Å²) >= 11 is 0. The topological polar surface area (TPSA) is 17.1 Å². The fourth-order valence-electron chi connectivity index (χ4n) is 1.90. The molecule has 0 saturated carbocycles. The second-order valence-electron chi connectivity index (χ2n) is 5.47. The Bertz CT molecular complexity index is 372. The van der Waals surface area contributed by atoms with E-state index in [9.17, 15) is 4.79 Å². The quantitative estimate of drug-likeness (QED) is 0.701. The van der Waals surface area contributed by atoms with Crippen LogP contribution in [0.4, 0.5) is 0 Å². The number of benzene rings is 1. The van der Waals surface area contributed by atoms with Crippen LogP contribution in [0.5, 0.6) is 0 Å². The van der Waals surface area contributed by atoms with Gasteiger partial charge in [0, 0.05) is 5.92 Å². The molecule has 1 atom stereocenters. The molecular weight excluding hydrogens is 196 g/mol. The first kappa shape index (κ1) is 13.0. The smallest absolute Gasteiger partial charge is 0.127 e. The number of rotatable bonds is 3. The van der Waals surface area contributed by atoms with Gasteiger partial charge in [0.25, 0.3) is 0 Å². The van der Waals surface area contributed by atoms with Crippen LogP contribution in [-0.4, -0.2) is 6.29 Å². The van der Waals surface area contributed by atoms with Crippen molar-refractivity contribution in [2.45, 2.75) is 52.4 Å². The summed E-state index contributed by atoms with van der Waals surface area (Å²) in [6, 6.07) is 6.48. The van der Waals surface area contributed by atoms with E-state index < -0.39 is 0 Å². The lowest BCUT2D eigenvalue weighted by Gasteiger charge is -2.22. The van der Waals surface area contributed by atoms with Gasteiger partial charge in [-0.05, 0) is 35.4 Å². The Morgan fingerprint density at radius 1 is 1.31 bits per heavy atom. The minimum Gasteiger partial charge on any atom is -0.303 e. The Kier molecular flexibility index (Phi) is 3.90. The molecule has 1 aromatic carbocycles. The molecule has 1 nitrogen and oxygen atoms in total. The van der Waals surface area contributed by atoms with Crippen molar-refractivity contribution in [3.63, 3.8) is 0 Å². The maximum Gasteiger partial charge on any atom is 0.127 e. The van der Waals surface area contributed by atoms with E-state index in [1.54, 1.807) is 0 Å². The minimum atomic E-state index is 0.0438. The van der Waals surface area contributed by atoms with Crippen LogP contribution in [0.1, 0.15) is 56.7 Å². The second kappa shape index (κ2) is 4.82. The Morgan fingerprint density at radius 2 is 1.94 bits per heavy atom. The molecule has 0 aliphatic rings. The molecule has 0 bridgehead atoms. The lowest BCUT2D eigenvalue weighted by atomic mass is 9.83. The van der Waals surface area contributed by atoms with E-state index in [-0.39, 0.29) is 11.3 Å². The highest BCUT2D eigenvalue weighted by Gasteiger charge is 2.17. The minimum absolute atomic E-state index is 0.0438. The normalized spacial score (nSPS) is 13.6. The molecule has 1 unspecified atom stereocenters. The van der Waals surface area contributed by atoms with Crippen LogP contribution in [0.3, 0.4) is 0 Å². The fraction of sp³-hybridized carbons (Fsp3) is 0.533. The summed E-state index contributed by atoms with van der Waals surface area (Å²) in [7, 11) is 0. The highest BCUT2D eigenvalue weighted by molar-refractivity contribution is 5.63. The molecule has 0 radical (unpaired) electrons. The van der Waals surface area contributed by atoms with Gasteiger partial charge in [0.15, 0.2) is 0 Å². The van der Waals surface area contributed by atoms with Gasteiger partial charge in [-0.25, -0.2) is 0 Å². The van der Waals surface area contributed by atoms with Crippen molar-refractivity contribution in [2.75, 3.05) is 0 Å². The molecule has 0 fully saturated rings. The zero-order valence-corrected chi connectivity index (χ0v) is 11.0. The monoisotopic (exact) mass is 218 g/mol. The Morgan fingerprint density at radius 3 is 2.38 bits per heavy atom. The molecule has 88 valence electrons. The van der Waals surface area contributed by atoms with Crippen LogP contribution >= 0.6 is 0 Å². The summed E-state index contributed by atoms with van der Waals surface area (Å²) in [6.07, 6.45) is 1.94. The zero-order chi connectivity index (χ0) is 12.3. The van der Waals surface area contributed by atoms with Gasteiger partial charge >= 0.3 is 0 Å². The third-order valence-electron chi connectivity index (χ3n) is 3.15. The van der Waals surface area contributed by atoms with Crippen LogP contribution < -0.4 is 0 Å².